The van der Waals surface area contributed by atoms with Crippen molar-refractivity contribution in [1.82, 2.24) is 39.6 Å². The van der Waals surface area contributed by atoms with Gasteiger partial charge >= 0.3 is 24.2 Å². The molecule has 5 atom stereocenters. The van der Waals surface area contributed by atoms with Gasteiger partial charge in [-0.2, -0.15) is 5.26 Å². The summed E-state index contributed by atoms with van der Waals surface area (Å²) in [5, 5.41) is 21.0. The standard InChI is InChI=1S/C23H28N2O3.C23H27NO3.C19H19N3O.C18H20N2O.C13H10O2.C9H18N2O2/c1-23(2,3)28-22(27)25-15-14-20(16-25)24(4)21(26)19-12-10-18(11-13-19)17-8-6-5-7-9-17;1-23(2,3)27-22(26)24-14-13-17(16-24)15-21(25)20-11-9-19(10-12-20)18-7-5-4-6-8-18;1-21(18-11-12-22(13-18)14-20)19(23)17-9-7-16(8-10-17)15-5-3-2-4-6-15;1-20(17-11-12-19-13-17)18(21)16-9-7-15(8-10-16)14-5-3-2-4-6-14;14-13(15)12-8-6-11(7-9-12)10-4-2-1-3-5-10;1-9(2,3)13-8(12)11-5-4-7(10)6-11/h5-13,20H,14-16H2,1-4H3;4-12,17H,13-16H2,1-3H3;2-10,18H,11-13H2,1H3;2-10,17,19H,11-13H2,1H3;1-9H,(H,14,15);7H,4-6,10H2,1-3H3/t;;;;;7-/m.....1/s1. The fourth-order valence-corrected chi connectivity index (χ4v) is 15.2. The van der Waals surface area contributed by atoms with Gasteiger partial charge in [0.1, 0.15) is 16.8 Å². The van der Waals surface area contributed by atoms with Crippen LogP contribution in [0.15, 0.2) is 273 Å². The quantitative estimate of drug-likeness (QED) is 0.0489. The second kappa shape index (κ2) is 45.6. The second-order valence-corrected chi connectivity index (χ2v) is 35.5. The molecule has 127 heavy (non-hydrogen) atoms. The largest absolute Gasteiger partial charge is 0.478 e. The number of carbonyl (C=O) groups excluding carboxylic acids is 7. The Bertz CT molecular complexity index is 5250. The van der Waals surface area contributed by atoms with Crippen LogP contribution >= 0.6 is 0 Å². The number of nitriles is 1. The highest BCUT2D eigenvalue weighted by Crippen LogP contribution is 2.30. The molecule has 0 bridgehead atoms. The van der Waals surface area contributed by atoms with Crippen LogP contribution < -0.4 is 11.1 Å². The molecule has 5 saturated heterocycles. The summed E-state index contributed by atoms with van der Waals surface area (Å²) in [5.74, 6) is -0.493. The molecule has 10 aromatic carbocycles. The van der Waals surface area contributed by atoms with Crippen LogP contribution in [0.5, 0.6) is 0 Å². The summed E-state index contributed by atoms with van der Waals surface area (Å²) in [4.78, 5) is 109. The maximum absolute atomic E-state index is 12.9. The van der Waals surface area contributed by atoms with E-state index in [2.05, 4.69) is 47.9 Å². The highest BCUT2D eigenvalue weighted by Gasteiger charge is 2.36. The van der Waals surface area contributed by atoms with Crippen molar-refractivity contribution in [3.63, 3.8) is 0 Å². The lowest BCUT2D eigenvalue weighted by molar-refractivity contribution is 0.0273. The topological polar surface area (TPSA) is 269 Å². The van der Waals surface area contributed by atoms with Crippen molar-refractivity contribution in [2.45, 2.75) is 142 Å². The van der Waals surface area contributed by atoms with Gasteiger partial charge in [0.05, 0.1) is 17.6 Å². The van der Waals surface area contributed by atoms with Crippen LogP contribution in [0, 0.1) is 17.4 Å². The van der Waals surface area contributed by atoms with Gasteiger partial charge in [0.25, 0.3) is 17.7 Å². The Balaban J connectivity index is 0.000000162. The van der Waals surface area contributed by atoms with Crippen molar-refractivity contribution < 1.29 is 57.7 Å². The van der Waals surface area contributed by atoms with Crippen LogP contribution in [0.2, 0.25) is 0 Å². The monoisotopic (exact) mass is 1710 g/mol. The number of aromatic carboxylic acids is 1. The molecule has 5 fully saturated rings. The maximum atomic E-state index is 12.9. The summed E-state index contributed by atoms with van der Waals surface area (Å²) < 4.78 is 16.1. The van der Waals surface area contributed by atoms with Crippen molar-refractivity contribution in [3.8, 4) is 61.8 Å². The Kier molecular flexibility index (Phi) is 34.5. The molecule has 4 N–H and O–H groups in total. The number of carbonyl (C=O) groups is 8. The number of benzene rings is 10. The number of nitrogens with one attached hydrogen (secondary N) is 1. The molecule has 0 aromatic heterocycles. The van der Waals surface area contributed by atoms with E-state index in [0.717, 1.165) is 119 Å². The molecule has 0 saturated carbocycles. The summed E-state index contributed by atoms with van der Waals surface area (Å²) in [6.07, 6.45) is 6.10. The molecule has 5 aliphatic rings. The first-order chi connectivity index (χ1) is 60.7. The van der Waals surface area contributed by atoms with Gasteiger partial charge in [-0.25, -0.2) is 19.2 Å². The molecule has 22 nitrogen and oxygen atoms in total. The van der Waals surface area contributed by atoms with Crippen molar-refractivity contribution in [2.75, 3.05) is 86.6 Å². The molecular formula is C105H122N10O12. The van der Waals surface area contributed by atoms with Crippen molar-refractivity contribution in [3.05, 3.63) is 301 Å². The first-order valence-electron chi connectivity index (χ1n) is 43.6. The smallest absolute Gasteiger partial charge is 0.410 e. The Hall–Kier alpha value is -13.2. The third kappa shape index (κ3) is 29.4. The number of carboxylic acids is 1. The Morgan fingerprint density at radius 3 is 0.969 bits per heavy atom. The lowest BCUT2D eigenvalue weighted by atomic mass is 9.96. The minimum Gasteiger partial charge on any atom is -0.478 e. The number of nitrogens with zero attached hydrogens (tertiary/aromatic N) is 8. The van der Waals surface area contributed by atoms with Gasteiger partial charge in [0.2, 0.25) is 0 Å². The van der Waals surface area contributed by atoms with Gasteiger partial charge in [-0.05, 0) is 211 Å². The molecule has 15 rings (SSSR count). The third-order valence-corrected chi connectivity index (χ3v) is 22.3. The van der Waals surface area contributed by atoms with Crippen LogP contribution in [-0.4, -0.2) is 215 Å². The van der Waals surface area contributed by atoms with E-state index in [0.29, 0.717) is 68.4 Å². The normalized spacial score (nSPS) is 16.8. The summed E-state index contributed by atoms with van der Waals surface area (Å²) in [5.41, 5.74) is 18.5. The van der Waals surface area contributed by atoms with E-state index >= 15 is 0 Å². The predicted molar refractivity (Wildman–Crippen MR) is 501 cm³/mol. The summed E-state index contributed by atoms with van der Waals surface area (Å²) in [6, 6.07) is 88.8. The number of hydrogen-bond acceptors (Lipinski definition) is 15. The number of rotatable bonds is 15. The molecule has 0 aliphatic carbocycles. The number of likely N-dealkylation sites (tertiary alicyclic amines) is 4. The Morgan fingerprint density at radius 1 is 0.370 bits per heavy atom. The maximum Gasteiger partial charge on any atom is 0.410 e. The molecule has 10 aromatic rings. The average molecular weight is 1720 g/mol. The zero-order valence-electron chi connectivity index (χ0n) is 75.3. The fourth-order valence-electron chi connectivity index (χ4n) is 15.2. The van der Waals surface area contributed by atoms with E-state index in [4.69, 9.17) is 30.3 Å². The van der Waals surface area contributed by atoms with Crippen molar-refractivity contribution in [2.24, 2.45) is 11.7 Å². The van der Waals surface area contributed by atoms with Gasteiger partial charge in [-0.3, -0.25) is 19.2 Å². The number of hydrogen-bond donors (Lipinski definition) is 3. The molecule has 0 radical (unpaired) electrons. The number of Topliss-reactive ketones (excluding diaryl/α,β-unsaturated/α-hetero) is 1. The first-order valence-corrected chi connectivity index (χ1v) is 43.6. The molecule has 664 valence electrons. The highest BCUT2D eigenvalue weighted by molar-refractivity contribution is 5.98. The van der Waals surface area contributed by atoms with E-state index in [1.807, 2.05) is 306 Å². The fraction of sp³-hybridized carbons (Fsp3) is 0.343. The zero-order valence-corrected chi connectivity index (χ0v) is 75.3. The van der Waals surface area contributed by atoms with E-state index < -0.39 is 22.8 Å². The number of ether oxygens (including phenoxy) is 3. The van der Waals surface area contributed by atoms with Crippen LogP contribution in [0.25, 0.3) is 55.6 Å². The number of likely N-dealkylation sites (N-methyl/N-ethyl adjacent to an activating group) is 3. The molecule has 5 heterocycles. The SMILES string of the molecule is CC(C)(C)OC(=O)N1CCC(CC(=O)c2ccc(-c3ccccc3)cc2)C1.CC(C)(C)OC(=O)N1CC[C@@H](N)C1.CN(C(=O)c1ccc(-c2ccccc2)cc1)C1CCN(C#N)C1.CN(C(=O)c1ccc(-c2ccccc2)cc1)C1CCN(C(=O)OC(C)(C)C)C1.CN(C(=O)c1ccc(-c2ccccc2)cc1)C1CCNC1.O=C(O)c1ccc(-c2ccccc2)cc1. The van der Waals surface area contributed by atoms with Crippen LogP contribution in [-0.2, 0) is 14.2 Å². The van der Waals surface area contributed by atoms with Gasteiger partial charge in [0.15, 0.2) is 12.0 Å². The number of ketones is 1. The van der Waals surface area contributed by atoms with E-state index in [1.54, 1.807) is 48.6 Å². The van der Waals surface area contributed by atoms with Gasteiger partial charge < -0.3 is 64.7 Å². The summed E-state index contributed by atoms with van der Waals surface area (Å²) >= 11 is 0. The van der Waals surface area contributed by atoms with Crippen molar-refractivity contribution in [1.29, 1.82) is 5.26 Å². The van der Waals surface area contributed by atoms with E-state index in [-0.39, 0.29) is 65.8 Å². The molecule has 4 unspecified atom stereocenters. The highest BCUT2D eigenvalue weighted by atomic mass is 16.6. The molecule has 6 amide bonds. The van der Waals surface area contributed by atoms with Gasteiger partial charge in [0, 0.05) is 121 Å². The minimum atomic E-state index is -0.894. The average Bonchev–Trinajstić information content (AvgIpc) is 1.81. The minimum absolute atomic E-state index is 0.00572. The lowest BCUT2D eigenvalue weighted by Crippen LogP contribution is -2.41. The number of amides is 6. The van der Waals surface area contributed by atoms with Crippen LogP contribution in [0.3, 0.4) is 0 Å². The summed E-state index contributed by atoms with van der Waals surface area (Å²) in [7, 11) is 5.51. The van der Waals surface area contributed by atoms with E-state index in [9.17, 15) is 38.4 Å². The zero-order chi connectivity index (χ0) is 91.4. The number of carboxylic acid groups (broad SMARTS) is 1. The molecule has 0 spiro atoms. The van der Waals surface area contributed by atoms with E-state index in [1.165, 1.54) is 5.56 Å². The van der Waals surface area contributed by atoms with Gasteiger partial charge in [-0.1, -0.05) is 224 Å². The molecule has 5 aliphatic heterocycles. The molecular weight excluding hydrogens is 1590 g/mol. The lowest BCUT2D eigenvalue weighted by Gasteiger charge is -2.27. The van der Waals surface area contributed by atoms with Crippen molar-refractivity contribution >= 4 is 47.8 Å². The second-order valence-electron chi connectivity index (χ2n) is 35.5. The Labute approximate surface area is 748 Å². The first kappa shape index (κ1) is 96.0. The predicted octanol–water partition coefficient (Wildman–Crippen LogP) is 19.4. The van der Waals surface area contributed by atoms with Crippen LogP contribution in [0.1, 0.15) is 153 Å². The van der Waals surface area contributed by atoms with Gasteiger partial charge in [-0.15, -0.1) is 0 Å². The number of nitrogens with two attached hydrogens (primary N) is 1. The molecule has 22 heteroatoms. The van der Waals surface area contributed by atoms with Crippen LogP contribution in [0.4, 0.5) is 14.4 Å². The Morgan fingerprint density at radius 2 is 0.661 bits per heavy atom. The third-order valence-electron chi connectivity index (χ3n) is 22.3. The summed E-state index contributed by atoms with van der Waals surface area (Å²) in [6.45, 7) is 23.7.